The minimum atomic E-state index is -0.448. The van der Waals surface area contributed by atoms with E-state index in [0.717, 1.165) is 95.5 Å². The molecule has 0 spiro atoms. The van der Waals surface area contributed by atoms with Crippen LogP contribution in [0.4, 0.5) is 5.69 Å². The Morgan fingerprint density at radius 3 is 2.53 bits per heavy atom. The lowest BCUT2D eigenvalue weighted by Crippen LogP contribution is -2.38. The van der Waals surface area contributed by atoms with E-state index in [1.807, 2.05) is 41.3 Å². The summed E-state index contributed by atoms with van der Waals surface area (Å²) in [5.41, 5.74) is 1.78. The van der Waals surface area contributed by atoms with Crippen molar-refractivity contribution in [2.24, 2.45) is 0 Å². The number of aliphatic hydroxyl groups excluding tert-OH is 1. The molecule has 1 aliphatic rings. The summed E-state index contributed by atoms with van der Waals surface area (Å²) in [5, 5.41) is 10.4. The number of carbonyl (C=O) groups is 2. The van der Waals surface area contributed by atoms with E-state index in [1.165, 1.54) is 16.2 Å². The number of morpholine rings is 1. The van der Waals surface area contributed by atoms with E-state index in [1.54, 1.807) is 6.92 Å². The highest BCUT2D eigenvalue weighted by Gasteiger charge is 2.15. The van der Waals surface area contributed by atoms with Gasteiger partial charge in [0.25, 0.3) is 0 Å². The van der Waals surface area contributed by atoms with Gasteiger partial charge < -0.3 is 19.5 Å². The van der Waals surface area contributed by atoms with E-state index in [2.05, 4.69) is 11.8 Å². The van der Waals surface area contributed by atoms with Gasteiger partial charge in [0.2, 0.25) is 5.91 Å². The molecule has 210 valence electrons. The third-order valence-electron chi connectivity index (χ3n) is 6.96. The van der Waals surface area contributed by atoms with Crippen LogP contribution in [0.15, 0.2) is 36.4 Å². The number of aliphatic hydroxyl groups is 1. The summed E-state index contributed by atoms with van der Waals surface area (Å²) in [7, 11) is 0. The highest BCUT2D eigenvalue weighted by molar-refractivity contribution is 7.13. The van der Waals surface area contributed by atoms with Crippen LogP contribution in [-0.2, 0) is 20.7 Å². The number of thiophene rings is 1. The summed E-state index contributed by atoms with van der Waals surface area (Å²) < 4.78 is 10.8. The molecule has 1 N–H and O–H groups in total. The lowest BCUT2D eigenvalue weighted by Gasteiger charge is -2.26. The topological polar surface area (TPSA) is 79.3 Å². The quantitative estimate of drug-likeness (QED) is 0.218. The van der Waals surface area contributed by atoms with Gasteiger partial charge in [-0.1, -0.05) is 44.7 Å². The van der Waals surface area contributed by atoms with E-state index >= 15 is 0 Å². The van der Waals surface area contributed by atoms with Crippen LogP contribution in [0.5, 0.6) is 0 Å². The molecule has 0 aliphatic carbocycles. The minimum Gasteiger partial charge on any atom is -0.460 e. The Balaban J connectivity index is 1.35. The molecule has 0 saturated carbocycles. The first-order valence-corrected chi connectivity index (χ1v) is 14.9. The molecule has 8 heteroatoms. The van der Waals surface area contributed by atoms with Crippen LogP contribution in [0.2, 0.25) is 0 Å². The van der Waals surface area contributed by atoms with Crippen LogP contribution < -0.4 is 4.90 Å². The number of hydrogen-bond acceptors (Lipinski definition) is 7. The Hall–Kier alpha value is -2.26. The number of hydrogen-bond donors (Lipinski definition) is 1. The van der Waals surface area contributed by atoms with Gasteiger partial charge in [0.1, 0.15) is 11.5 Å². The van der Waals surface area contributed by atoms with Crippen molar-refractivity contribution >= 4 is 28.9 Å². The van der Waals surface area contributed by atoms with Crippen LogP contribution in [0, 0.1) is 0 Å². The number of carbonyl (C=O) groups excluding carboxylic acids is 2. The van der Waals surface area contributed by atoms with Crippen molar-refractivity contribution in [1.29, 1.82) is 0 Å². The van der Waals surface area contributed by atoms with Crippen molar-refractivity contribution in [2.75, 3.05) is 50.9 Å². The van der Waals surface area contributed by atoms with Crippen LogP contribution in [0.25, 0.3) is 0 Å². The van der Waals surface area contributed by atoms with Crippen molar-refractivity contribution in [1.82, 2.24) is 4.90 Å². The molecule has 1 amide bonds. The maximum Gasteiger partial charge on any atom is 0.348 e. The Morgan fingerprint density at radius 1 is 1.05 bits per heavy atom. The third kappa shape index (κ3) is 10.1. The molecule has 1 aromatic heterocycles. The molecule has 2 heterocycles. The molecule has 0 bridgehead atoms. The second kappa shape index (κ2) is 16.6. The summed E-state index contributed by atoms with van der Waals surface area (Å²) in [4.78, 5) is 30.5. The van der Waals surface area contributed by atoms with Crippen LogP contribution >= 0.6 is 11.3 Å². The first kappa shape index (κ1) is 30.3. The van der Waals surface area contributed by atoms with Gasteiger partial charge in [-0.15, -0.1) is 11.3 Å². The zero-order valence-electron chi connectivity index (χ0n) is 23.0. The summed E-state index contributed by atoms with van der Waals surface area (Å²) in [5.74, 6) is -0.220. The van der Waals surface area contributed by atoms with Gasteiger partial charge in [-0.05, 0) is 55.5 Å². The van der Waals surface area contributed by atoms with Crippen LogP contribution in [0.3, 0.4) is 0 Å². The molecule has 38 heavy (non-hydrogen) atoms. The molecule has 3 rings (SSSR count). The number of benzene rings is 1. The number of ether oxygens (including phenoxy) is 2. The van der Waals surface area contributed by atoms with Gasteiger partial charge in [-0.2, -0.15) is 0 Å². The number of anilines is 1. The normalized spacial score (nSPS) is 14.8. The fourth-order valence-corrected chi connectivity index (χ4v) is 5.57. The van der Waals surface area contributed by atoms with E-state index in [-0.39, 0.29) is 11.9 Å². The number of unbranched alkanes of at least 4 members (excludes halogenated alkanes) is 4. The number of rotatable bonds is 16. The smallest absolute Gasteiger partial charge is 0.348 e. The molecule has 1 aromatic carbocycles. The molecule has 1 fully saturated rings. The first-order valence-electron chi connectivity index (χ1n) is 14.1. The average Bonchev–Trinajstić information content (AvgIpc) is 3.40. The molecule has 1 aliphatic heterocycles. The third-order valence-corrected chi connectivity index (χ3v) is 8.09. The molecular formula is C30H44N2O5S. The van der Waals surface area contributed by atoms with Gasteiger partial charge >= 0.3 is 5.97 Å². The predicted molar refractivity (Wildman–Crippen MR) is 153 cm³/mol. The van der Waals surface area contributed by atoms with Crippen molar-refractivity contribution in [2.45, 2.75) is 71.3 Å². The second-order valence-electron chi connectivity index (χ2n) is 9.94. The molecule has 1 atom stereocenters. The van der Waals surface area contributed by atoms with Crippen molar-refractivity contribution in [3.8, 4) is 0 Å². The molecule has 1 saturated heterocycles. The fraction of sp³-hybridized carbons (Fsp3) is 0.600. The molecule has 7 nitrogen and oxygen atoms in total. The Kier molecular flexibility index (Phi) is 13.3. The van der Waals surface area contributed by atoms with Crippen LogP contribution in [0.1, 0.15) is 85.0 Å². The molecule has 2 aromatic rings. The highest BCUT2D eigenvalue weighted by atomic mass is 32.1. The zero-order chi connectivity index (χ0) is 27.2. The first-order chi connectivity index (χ1) is 18.5. The molecule has 0 radical (unpaired) electrons. The Bertz CT molecular complexity index is 971. The summed E-state index contributed by atoms with van der Waals surface area (Å²) in [6, 6.07) is 11.6. The average molecular weight is 545 g/mol. The molecule has 1 unspecified atom stereocenters. The predicted octanol–water partition coefficient (Wildman–Crippen LogP) is 5.62. The largest absolute Gasteiger partial charge is 0.460 e. The second-order valence-corrected chi connectivity index (χ2v) is 11.1. The number of nitrogens with zero attached hydrogens (tertiary/aromatic N) is 2. The fourth-order valence-electron chi connectivity index (χ4n) is 4.63. The zero-order valence-corrected chi connectivity index (χ0v) is 23.8. The molecular weight excluding hydrogens is 500 g/mol. The van der Waals surface area contributed by atoms with Gasteiger partial charge in [0, 0.05) is 43.7 Å². The highest BCUT2D eigenvalue weighted by Crippen LogP contribution is 2.24. The Labute approximate surface area is 231 Å². The summed E-state index contributed by atoms with van der Waals surface area (Å²) >= 11 is 1.51. The van der Waals surface area contributed by atoms with E-state index < -0.39 is 6.10 Å². The van der Waals surface area contributed by atoms with Crippen molar-refractivity contribution < 1.29 is 24.2 Å². The number of aryl methyl sites for hydroxylation is 1. The maximum atomic E-state index is 12.4. The SMILES string of the molecule is CCCCCC(O)c1ccc(N(CCCCCc2ccc(C(=O)OCCN3CCOCC3)s2)C(C)=O)cc1. The van der Waals surface area contributed by atoms with E-state index in [4.69, 9.17) is 9.47 Å². The lowest BCUT2D eigenvalue weighted by atomic mass is 10.0. The van der Waals surface area contributed by atoms with Gasteiger partial charge in [-0.25, -0.2) is 4.79 Å². The summed E-state index contributed by atoms with van der Waals surface area (Å²) in [6.07, 6.45) is 7.42. The van der Waals surface area contributed by atoms with E-state index in [0.29, 0.717) is 18.0 Å². The summed E-state index contributed by atoms with van der Waals surface area (Å²) in [6.45, 7) is 8.83. The minimum absolute atomic E-state index is 0.0243. The van der Waals surface area contributed by atoms with Gasteiger partial charge in [0.15, 0.2) is 0 Å². The Morgan fingerprint density at radius 2 is 1.82 bits per heavy atom. The van der Waals surface area contributed by atoms with Crippen molar-refractivity contribution in [3.05, 3.63) is 51.7 Å². The number of amides is 1. The van der Waals surface area contributed by atoms with Crippen LogP contribution in [-0.4, -0.2) is 67.9 Å². The standard InChI is InChI=1S/C30H44N2O5S/c1-3-4-6-10-28(34)25-11-13-26(14-12-25)32(24(2)33)17-8-5-7-9-27-15-16-29(38-27)30(35)37-23-20-31-18-21-36-22-19-31/h11-16,28,34H,3-10,17-23H2,1-2H3. The van der Waals surface area contributed by atoms with Gasteiger partial charge in [-0.3, -0.25) is 9.69 Å². The number of esters is 1. The monoisotopic (exact) mass is 544 g/mol. The maximum absolute atomic E-state index is 12.4. The van der Waals surface area contributed by atoms with E-state index in [9.17, 15) is 14.7 Å². The lowest BCUT2D eigenvalue weighted by molar-refractivity contribution is -0.116. The van der Waals surface area contributed by atoms with Crippen molar-refractivity contribution in [3.63, 3.8) is 0 Å². The van der Waals surface area contributed by atoms with Gasteiger partial charge in [0.05, 0.1) is 19.3 Å².